The van der Waals surface area contributed by atoms with Crippen molar-refractivity contribution >= 4 is 9.84 Å². The van der Waals surface area contributed by atoms with E-state index in [1.807, 2.05) is 0 Å². The second-order valence-electron chi connectivity index (χ2n) is 3.85. The maximum atomic E-state index is 11.0. The van der Waals surface area contributed by atoms with Crippen molar-refractivity contribution in [2.24, 2.45) is 0 Å². The fraction of sp³-hybridized carbons (Fsp3) is 0.875. The zero-order chi connectivity index (χ0) is 9.35. The number of hydrogen-bond donors (Lipinski definition) is 0. The number of nitrogens with zero attached hydrogens (tertiary/aromatic N) is 1. The van der Waals surface area contributed by atoms with E-state index in [0.29, 0.717) is 13.1 Å². The molecule has 4 heteroatoms. The molecule has 3 nitrogen and oxygen atoms in total. The summed E-state index contributed by atoms with van der Waals surface area (Å²) in [6.45, 7) is 6.49. The highest BCUT2D eigenvalue weighted by Gasteiger charge is 2.34. The van der Waals surface area contributed by atoms with Crippen LogP contribution in [-0.4, -0.2) is 44.5 Å². The number of likely N-dealkylation sites (tertiary alicyclic amines) is 1. The summed E-state index contributed by atoms with van der Waals surface area (Å²) in [4.78, 5) is 2.15. The highest BCUT2D eigenvalue weighted by atomic mass is 32.2. The molecular weight excluding hydrogens is 174 g/mol. The lowest BCUT2D eigenvalue weighted by atomic mass is 10.1. The SMILES string of the molecule is C[C](C)CN1CC(S(C)(=O)=O)C1. The van der Waals surface area contributed by atoms with Gasteiger partial charge >= 0.3 is 0 Å². The van der Waals surface area contributed by atoms with Crippen LogP contribution in [0.4, 0.5) is 0 Å². The molecule has 0 aromatic rings. The van der Waals surface area contributed by atoms with Gasteiger partial charge in [-0.15, -0.1) is 0 Å². The summed E-state index contributed by atoms with van der Waals surface area (Å²) in [5.41, 5.74) is 0. The fourth-order valence-corrected chi connectivity index (χ4v) is 2.33. The van der Waals surface area contributed by atoms with Crippen molar-refractivity contribution in [2.75, 3.05) is 25.9 Å². The molecule has 0 amide bonds. The van der Waals surface area contributed by atoms with Gasteiger partial charge in [0.05, 0.1) is 5.25 Å². The second-order valence-corrected chi connectivity index (χ2v) is 6.18. The third-order valence-electron chi connectivity index (χ3n) is 2.07. The van der Waals surface area contributed by atoms with Gasteiger partial charge in [-0.1, -0.05) is 13.8 Å². The molecule has 0 atom stereocenters. The van der Waals surface area contributed by atoms with Crippen LogP contribution in [0.25, 0.3) is 0 Å². The Balaban J connectivity index is 2.30. The first-order valence-electron chi connectivity index (χ1n) is 4.10. The molecule has 71 valence electrons. The molecule has 0 aliphatic carbocycles. The molecule has 0 N–H and O–H groups in total. The molecule has 0 saturated carbocycles. The van der Waals surface area contributed by atoms with Crippen LogP contribution in [0.3, 0.4) is 0 Å². The third-order valence-corrected chi connectivity index (χ3v) is 3.58. The van der Waals surface area contributed by atoms with Gasteiger partial charge < -0.3 is 4.90 Å². The summed E-state index contributed by atoms with van der Waals surface area (Å²) in [5.74, 6) is 1.34. The molecule has 0 aromatic heterocycles. The number of rotatable bonds is 3. The van der Waals surface area contributed by atoms with Gasteiger partial charge in [-0.3, -0.25) is 0 Å². The average molecular weight is 190 g/mol. The van der Waals surface area contributed by atoms with Gasteiger partial charge in [0.15, 0.2) is 9.84 Å². The van der Waals surface area contributed by atoms with Crippen molar-refractivity contribution in [1.82, 2.24) is 4.90 Å². The highest BCUT2D eigenvalue weighted by molar-refractivity contribution is 7.91. The van der Waals surface area contributed by atoms with E-state index in [9.17, 15) is 8.42 Å². The molecule has 1 rings (SSSR count). The van der Waals surface area contributed by atoms with E-state index in [0.717, 1.165) is 6.54 Å². The van der Waals surface area contributed by atoms with Gasteiger partial charge in [0.2, 0.25) is 0 Å². The van der Waals surface area contributed by atoms with Gasteiger partial charge in [-0.25, -0.2) is 8.42 Å². The summed E-state index contributed by atoms with van der Waals surface area (Å²) < 4.78 is 22.0. The average Bonchev–Trinajstić information content (AvgIpc) is 1.73. The van der Waals surface area contributed by atoms with Crippen molar-refractivity contribution in [2.45, 2.75) is 19.1 Å². The van der Waals surface area contributed by atoms with Crippen LogP contribution in [-0.2, 0) is 9.84 Å². The normalized spacial score (nSPS) is 21.3. The summed E-state index contributed by atoms with van der Waals surface area (Å²) in [7, 11) is -2.79. The molecule has 1 radical (unpaired) electrons. The van der Waals surface area contributed by atoms with Crippen LogP contribution in [0.5, 0.6) is 0 Å². The Morgan fingerprint density at radius 3 is 2.25 bits per heavy atom. The van der Waals surface area contributed by atoms with Crippen molar-refractivity contribution in [1.29, 1.82) is 0 Å². The maximum Gasteiger partial charge on any atom is 0.152 e. The molecule has 1 aliphatic heterocycles. The third kappa shape index (κ3) is 2.45. The van der Waals surface area contributed by atoms with Gasteiger partial charge in [-0.2, -0.15) is 0 Å². The molecule has 0 aromatic carbocycles. The van der Waals surface area contributed by atoms with E-state index in [1.54, 1.807) is 0 Å². The van der Waals surface area contributed by atoms with E-state index < -0.39 is 9.84 Å². The van der Waals surface area contributed by atoms with E-state index in [4.69, 9.17) is 0 Å². The smallest absolute Gasteiger partial charge is 0.152 e. The second kappa shape index (κ2) is 3.34. The van der Waals surface area contributed by atoms with Gasteiger partial charge in [0, 0.05) is 25.9 Å². The Kier molecular flexibility index (Phi) is 2.78. The van der Waals surface area contributed by atoms with Gasteiger partial charge in [0.1, 0.15) is 0 Å². The lowest BCUT2D eigenvalue weighted by molar-refractivity contribution is 0.193. The maximum absolute atomic E-state index is 11.0. The molecule has 1 fully saturated rings. The fourth-order valence-electron chi connectivity index (χ4n) is 1.37. The first-order valence-corrected chi connectivity index (χ1v) is 6.05. The Morgan fingerprint density at radius 2 is 1.92 bits per heavy atom. The van der Waals surface area contributed by atoms with Crippen LogP contribution in [0.15, 0.2) is 0 Å². The minimum absolute atomic E-state index is 0.114. The number of sulfone groups is 1. The monoisotopic (exact) mass is 190 g/mol. The highest BCUT2D eigenvalue weighted by Crippen LogP contribution is 2.16. The Labute approximate surface area is 74.7 Å². The summed E-state index contributed by atoms with van der Waals surface area (Å²) >= 11 is 0. The minimum Gasteiger partial charge on any atom is -0.300 e. The Bertz CT molecular complexity index is 240. The van der Waals surface area contributed by atoms with Crippen molar-refractivity contribution < 1.29 is 8.42 Å². The zero-order valence-electron chi connectivity index (χ0n) is 7.87. The van der Waals surface area contributed by atoms with Crippen LogP contribution in [0.2, 0.25) is 0 Å². The summed E-state index contributed by atoms with van der Waals surface area (Å²) in [5, 5.41) is -0.114. The van der Waals surface area contributed by atoms with Crippen LogP contribution < -0.4 is 0 Å². The minimum atomic E-state index is -2.79. The molecule has 1 heterocycles. The molecular formula is C8H16NO2S. The molecule has 12 heavy (non-hydrogen) atoms. The van der Waals surface area contributed by atoms with Gasteiger partial charge in [0.25, 0.3) is 0 Å². The lowest BCUT2D eigenvalue weighted by Crippen LogP contribution is -2.54. The van der Waals surface area contributed by atoms with E-state index in [1.165, 1.54) is 12.2 Å². The Hall–Kier alpha value is -0.0900. The predicted octanol–water partition coefficient (Wildman–Crippen LogP) is 0.329. The first kappa shape index (κ1) is 9.99. The predicted molar refractivity (Wildman–Crippen MR) is 49.7 cm³/mol. The van der Waals surface area contributed by atoms with E-state index >= 15 is 0 Å². The van der Waals surface area contributed by atoms with E-state index in [2.05, 4.69) is 18.7 Å². The van der Waals surface area contributed by atoms with Crippen LogP contribution in [0.1, 0.15) is 13.8 Å². The molecule has 1 aliphatic rings. The van der Waals surface area contributed by atoms with Gasteiger partial charge in [-0.05, 0) is 5.92 Å². The first-order chi connectivity index (χ1) is 5.39. The van der Waals surface area contributed by atoms with Crippen molar-refractivity contribution in [3.05, 3.63) is 5.92 Å². The quantitative estimate of drug-likeness (QED) is 0.643. The summed E-state index contributed by atoms with van der Waals surface area (Å²) in [6, 6.07) is 0. The standard InChI is InChI=1S/C8H16NO2S/c1-7(2)4-9-5-8(6-9)12(3,10)11/h8H,4-6H2,1-3H3. The molecule has 0 unspecified atom stereocenters. The summed E-state index contributed by atoms with van der Waals surface area (Å²) in [6.07, 6.45) is 1.32. The van der Waals surface area contributed by atoms with Crippen LogP contribution >= 0.6 is 0 Å². The molecule has 1 saturated heterocycles. The van der Waals surface area contributed by atoms with E-state index in [-0.39, 0.29) is 5.25 Å². The van der Waals surface area contributed by atoms with Crippen molar-refractivity contribution in [3.8, 4) is 0 Å². The molecule has 0 bridgehead atoms. The largest absolute Gasteiger partial charge is 0.300 e. The van der Waals surface area contributed by atoms with Crippen LogP contribution in [0, 0.1) is 5.92 Å². The number of hydrogen-bond acceptors (Lipinski definition) is 3. The zero-order valence-corrected chi connectivity index (χ0v) is 8.69. The Morgan fingerprint density at radius 1 is 1.42 bits per heavy atom. The molecule has 0 spiro atoms. The topological polar surface area (TPSA) is 37.4 Å². The van der Waals surface area contributed by atoms with Crippen molar-refractivity contribution in [3.63, 3.8) is 0 Å². The lowest BCUT2D eigenvalue weighted by Gasteiger charge is -2.38.